The Kier molecular flexibility index (Phi) is 10.5. The minimum atomic E-state index is -1.51. The molecular weight excluding hydrogens is 565 g/mol. The Balaban J connectivity index is 2.20. The van der Waals surface area contributed by atoms with Crippen molar-refractivity contribution in [2.45, 2.75) is 79.1 Å². The summed E-state index contributed by atoms with van der Waals surface area (Å²) in [6.45, 7) is 16.1. The highest BCUT2D eigenvalue weighted by molar-refractivity contribution is 7.80. The number of benzene rings is 3. The third-order valence-electron chi connectivity index (χ3n) is 5.34. The van der Waals surface area contributed by atoms with Crippen LogP contribution < -0.4 is 31.9 Å². The van der Waals surface area contributed by atoms with Crippen LogP contribution in [0.3, 0.4) is 0 Å². The fourth-order valence-electron chi connectivity index (χ4n) is 3.95. The van der Waals surface area contributed by atoms with Crippen molar-refractivity contribution in [1.29, 1.82) is 0 Å². The van der Waals surface area contributed by atoms with Crippen LogP contribution in [0.15, 0.2) is 72.8 Å². The number of carbonyl (C=O) groups excluding carboxylic acids is 3. The molecule has 0 aliphatic rings. The summed E-state index contributed by atoms with van der Waals surface area (Å²) in [5, 5.41) is 11.0. The van der Waals surface area contributed by atoms with Gasteiger partial charge in [-0.1, -0.05) is 54.6 Å². The second-order valence-corrected chi connectivity index (χ2v) is 14.9. The molecule has 0 aromatic heterocycles. The maximum atomic E-state index is 12.9. The van der Waals surface area contributed by atoms with Crippen molar-refractivity contribution < 1.29 is 28.6 Å². The molecule has 230 valence electrons. The number of hydrogen-bond acceptors (Lipinski definition) is 6. The van der Waals surface area contributed by atoms with Gasteiger partial charge in [-0.05, 0) is 88.4 Å². The second-order valence-electron chi connectivity index (χ2n) is 12.8. The van der Waals surface area contributed by atoms with E-state index in [2.05, 4.69) is 16.0 Å². The summed E-state index contributed by atoms with van der Waals surface area (Å²) in [7, 11) is -1.51. The van der Waals surface area contributed by atoms with Gasteiger partial charge in [0.15, 0.2) is 0 Å². The monoisotopic (exact) mass is 607 g/mol. The van der Waals surface area contributed by atoms with Gasteiger partial charge in [0.1, 0.15) is 16.8 Å². The van der Waals surface area contributed by atoms with Gasteiger partial charge in [-0.15, -0.1) is 0 Å². The van der Waals surface area contributed by atoms with Gasteiger partial charge in [-0.3, -0.25) is 16.0 Å². The van der Waals surface area contributed by atoms with E-state index in [1.165, 1.54) is 0 Å². The maximum Gasteiger partial charge on any atom is 0.412 e. The second kappa shape index (κ2) is 13.5. The molecule has 3 amide bonds. The summed E-state index contributed by atoms with van der Waals surface area (Å²) in [4.78, 5) is 38.7. The standard InChI is InChI=1S/C33H42N3O6P/c1-31(2,3)40-28(37)34-22-16-10-13-19-25(22)43(26-20-14-11-17-23(26)35-29(38)41-32(4,5)6)27-21-15-12-18-24(27)36-30(39)42-33(7,8)9/h10-21H,1-9H3,(H,34,37)(H,35,38)(H,36,39). The Labute approximate surface area is 255 Å². The number of carbonyl (C=O) groups is 3. The Bertz CT molecular complexity index is 1280. The third-order valence-corrected chi connectivity index (χ3v) is 7.96. The average Bonchev–Trinajstić information content (AvgIpc) is 2.83. The van der Waals surface area contributed by atoms with Gasteiger partial charge in [0.05, 0.1) is 17.1 Å². The molecule has 0 saturated heterocycles. The Hall–Kier alpha value is -4.10. The van der Waals surface area contributed by atoms with E-state index in [9.17, 15) is 14.4 Å². The summed E-state index contributed by atoms with van der Waals surface area (Å²) in [6, 6.07) is 22.2. The van der Waals surface area contributed by atoms with Crippen LogP contribution in [-0.4, -0.2) is 35.1 Å². The van der Waals surface area contributed by atoms with E-state index < -0.39 is 43.0 Å². The first kappa shape index (κ1) is 33.4. The van der Waals surface area contributed by atoms with Crippen molar-refractivity contribution in [2.75, 3.05) is 16.0 Å². The quantitative estimate of drug-likeness (QED) is 0.198. The molecular formula is C33H42N3O6P. The third kappa shape index (κ3) is 10.6. The first-order chi connectivity index (χ1) is 19.9. The molecule has 0 spiro atoms. The van der Waals surface area contributed by atoms with Gasteiger partial charge in [0.2, 0.25) is 0 Å². The van der Waals surface area contributed by atoms with Crippen molar-refractivity contribution in [3.63, 3.8) is 0 Å². The van der Waals surface area contributed by atoms with Crippen LogP contribution in [0.1, 0.15) is 62.3 Å². The highest BCUT2D eigenvalue weighted by Gasteiger charge is 2.28. The van der Waals surface area contributed by atoms with Gasteiger partial charge in [0.25, 0.3) is 0 Å². The van der Waals surface area contributed by atoms with Crippen LogP contribution in [0.2, 0.25) is 0 Å². The largest absolute Gasteiger partial charge is 0.444 e. The van der Waals surface area contributed by atoms with Gasteiger partial charge in [-0.2, -0.15) is 0 Å². The Morgan fingerprint density at radius 1 is 0.465 bits per heavy atom. The van der Waals surface area contributed by atoms with Crippen LogP contribution in [-0.2, 0) is 14.2 Å². The fourth-order valence-corrected chi connectivity index (χ4v) is 6.55. The fraction of sp³-hybridized carbons (Fsp3) is 0.364. The normalized spacial score (nSPS) is 11.9. The molecule has 10 heteroatoms. The summed E-state index contributed by atoms with van der Waals surface area (Å²) in [5.74, 6) is 0. The Morgan fingerprint density at radius 2 is 0.698 bits per heavy atom. The average molecular weight is 608 g/mol. The Morgan fingerprint density at radius 3 is 0.930 bits per heavy atom. The lowest BCUT2D eigenvalue weighted by atomic mass is 10.2. The molecule has 0 heterocycles. The summed E-state index contributed by atoms with van der Waals surface area (Å²) in [5.41, 5.74) is -0.501. The highest BCUT2D eigenvalue weighted by Crippen LogP contribution is 2.40. The van der Waals surface area contributed by atoms with Gasteiger partial charge >= 0.3 is 18.3 Å². The van der Waals surface area contributed by atoms with E-state index >= 15 is 0 Å². The van der Waals surface area contributed by atoms with Gasteiger partial charge in [-0.25, -0.2) is 14.4 Å². The molecule has 9 nitrogen and oxygen atoms in total. The van der Waals surface area contributed by atoms with Crippen molar-refractivity contribution in [3.05, 3.63) is 72.8 Å². The first-order valence-corrected chi connectivity index (χ1v) is 15.3. The predicted octanol–water partition coefficient (Wildman–Crippen LogP) is 7.49. The van der Waals surface area contributed by atoms with Crippen molar-refractivity contribution in [3.8, 4) is 0 Å². The van der Waals surface area contributed by atoms with Crippen molar-refractivity contribution in [2.24, 2.45) is 0 Å². The number of rotatable bonds is 6. The molecule has 0 aliphatic carbocycles. The first-order valence-electron chi connectivity index (χ1n) is 14.0. The molecule has 0 fully saturated rings. The van der Waals surface area contributed by atoms with Crippen molar-refractivity contribution >= 4 is 59.2 Å². The molecule has 0 unspecified atom stereocenters. The summed E-state index contributed by atoms with van der Waals surface area (Å²) >= 11 is 0. The van der Waals surface area contributed by atoms with Crippen LogP contribution >= 0.6 is 7.92 Å². The van der Waals surface area contributed by atoms with E-state index in [0.29, 0.717) is 17.1 Å². The summed E-state index contributed by atoms with van der Waals surface area (Å²) in [6.07, 6.45) is -1.80. The molecule has 0 aliphatic heterocycles. The lowest BCUT2D eigenvalue weighted by molar-refractivity contribution is 0.0624. The molecule has 3 N–H and O–H groups in total. The number of nitrogens with one attached hydrogen (secondary N) is 3. The molecule has 3 aromatic carbocycles. The van der Waals surface area contributed by atoms with Crippen LogP contribution in [0.5, 0.6) is 0 Å². The van der Waals surface area contributed by atoms with E-state index in [-0.39, 0.29) is 0 Å². The number of ether oxygens (including phenoxy) is 3. The molecule has 0 saturated carbocycles. The molecule has 3 aromatic rings. The minimum absolute atomic E-state index is 0.530. The van der Waals surface area contributed by atoms with Crippen molar-refractivity contribution in [1.82, 2.24) is 0 Å². The minimum Gasteiger partial charge on any atom is -0.444 e. The predicted molar refractivity (Wildman–Crippen MR) is 175 cm³/mol. The maximum absolute atomic E-state index is 12.9. The van der Waals surface area contributed by atoms with E-state index in [4.69, 9.17) is 14.2 Å². The summed E-state index contributed by atoms with van der Waals surface area (Å²) < 4.78 is 16.6. The number of para-hydroxylation sites is 3. The van der Waals surface area contributed by atoms with Crippen LogP contribution in [0, 0.1) is 0 Å². The van der Waals surface area contributed by atoms with E-state index in [0.717, 1.165) is 15.9 Å². The van der Waals surface area contributed by atoms with Crippen LogP contribution in [0.4, 0.5) is 31.4 Å². The topological polar surface area (TPSA) is 115 Å². The molecule has 3 rings (SSSR count). The zero-order valence-corrected chi connectivity index (χ0v) is 27.2. The number of anilines is 3. The molecule has 0 radical (unpaired) electrons. The zero-order chi connectivity index (χ0) is 32.0. The SMILES string of the molecule is CC(C)(C)OC(=O)Nc1ccccc1P(c1ccccc1NC(=O)OC(C)(C)C)c1ccccc1NC(=O)OC(C)(C)C. The highest BCUT2D eigenvalue weighted by atomic mass is 31.1. The van der Waals surface area contributed by atoms with Gasteiger partial charge in [0, 0.05) is 15.9 Å². The lowest BCUT2D eigenvalue weighted by Crippen LogP contribution is -2.33. The van der Waals surface area contributed by atoms with E-state index in [1.807, 2.05) is 54.6 Å². The van der Waals surface area contributed by atoms with Gasteiger partial charge < -0.3 is 14.2 Å². The molecule has 0 atom stereocenters. The van der Waals surface area contributed by atoms with Crippen LogP contribution in [0.25, 0.3) is 0 Å². The number of amides is 3. The molecule has 0 bridgehead atoms. The zero-order valence-electron chi connectivity index (χ0n) is 26.3. The molecule has 43 heavy (non-hydrogen) atoms. The number of hydrogen-bond donors (Lipinski definition) is 3. The smallest absolute Gasteiger partial charge is 0.412 e. The van der Waals surface area contributed by atoms with E-state index in [1.54, 1.807) is 80.5 Å². The lowest BCUT2D eigenvalue weighted by Gasteiger charge is -2.28.